The second-order valence-electron chi connectivity index (χ2n) is 7.10. The molecule has 3 aromatic heterocycles. The second kappa shape index (κ2) is 6.60. The number of hydrogen-bond donors (Lipinski definition) is 1. The zero-order chi connectivity index (χ0) is 19.1. The minimum atomic E-state index is -0.243. The van der Waals surface area contributed by atoms with E-state index in [0.717, 1.165) is 29.0 Å². The third-order valence-electron chi connectivity index (χ3n) is 5.31. The molecule has 1 aliphatic heterocycles. The first-order valence-corrected chi connectivity index (χ1v) is 9.35. The molecule has 1 aromatic carbocycles. The van der Waals surface area contributed by atoms with E-state index in [1.165, 1.54) is 17.3 Å². The number of para-hydroxylation sites is 1. The van der Waals surface area contributed by atoms with E-state index in [0.29, 0.717) is 6.54 Å². The van der Waals surface area contributed by atoms with Gasteiger partial charge in [-0.2, -0.15) is 5.10 Å². The highest BCUT2D eigenvalue weighted by atomic mass is 16.2. The molecule has 0 saturated carbocycles. The quantitative estimate of drug-likeness (QED) is 0.600. The highest BCUT2D eigenvalue weighted by Crippen LogP contribution is 2.37. The van der Waals surface area contributed by atoms with Crippen molar-refractivity contribution in [2.45, 2.75) is 25.9 Å². The molecule has 5 rings (SSSR count). The zero-order valence-electron chi connectivity index (χ0n) is 15.5. The van der Waals surface area contributed by atoms with Crippen molar-refractivity contribution >= 4 is 16.8 Å². The first-order valence-electron chi connectivity index (χ1n) is 9.35. The summed E-state index contributed by atoms with van der Waals surface area (Å²) in [4.78, 5) is 27.3. The number of hydrogen-bond acceptors (Lipinski definition) is 4. The fraction of sp³-hybridized carbons (Fsp3) is 0.238. The number of amides is 1. The predicted octanol–water partition coefficient (Wildman–Crippen LogP) is 2.64. The highest BCUT2D eigenvalue weighted by Gasteiger charge is 2.35. The third kappa shape index (κ3) is 2.76. The van der Waals surface area contributed by atoms with Crippen LogP contribution in [0, 0.1) is 6.92 Å². The number of rotatable bonds is 3. The molecule has 0 aliphatic carbocycles. The third-order valence-corrected chi connectivity index (χ3v) is 5.31. The molecule has 0 bridgehead atoms. The highest BCUT2D eigenvalue weighted by molar-refractivity contribution is 5.86. The summed E-state index contributed by atoms with van der Waals surface area (Å²) in [6.07, 6.45) is 3.82. The zero-order valence-corrected chi connectivity index (χ0v) is 15.5. The molecule has 1 atom stereocenters. The summed E-state index contributed by atoms with van der Waals surface area (Å²) in [5.74, 6) is 0.00288. The standard InChI is InChI=1S/C21H20N6O/c1-14-5-4-8-18(24-14)21-20-16(15-6-2-3-7-17(15)25-20)9-10-27(21)19(28)11-26-13-22-12-23-26/h2-8,12-13,21,25H,9-11H2,1H3/t21-/m0/s1. The van der Waals surface area contributed by atoms with Crippen LogP contribution >= 0.6 is 0 Å². The first-order chi connectivity index (χ1) is 13.7. The van der Waals surface area contributed by atoms with Crippen molar-refractivity contribution in [3.63, 3.8) is 0 Å². The summed E-state index contributed by atoms with van der Waals surface area (Å²) in [6.45, 7) is 2.78. The van der Waals surface area contributed by atoms with Gasteiger partial charge in [0, 0.05) is 28.8 Å². The average Bonchev–Trinajstić information content (AvgIpc) is 3.34. The fourth-order valence-electron chi connectivity index (χ4n) is 4.08. The molecular formula is C21H20N6O. The van der Waals surface area contributed by atoms with Crippen LogP contribution in [0.1, 0.15) is 28.7 Å². The van der Waals surface area contributed by atoms with Gasteiger partial charge in [-0.05, 0) is 37.1 Å². The lowest BCUT2D eigenvalue weighted by Gasteiger charge is -2.35. The Kier molecular flexibility index (Phi) is 3.93. The second-order valence-corrected chi connectivity index (χ2v) is 7.10. The number of aryl methyl sites for hydroxylation is 1. The molecule has 7 nitrogen and oxygen atoms in total. The van der Waals surface area contributed by atoms with Gasteiger partial charge in [-0.1, -0.05) is 24.3 Å². The number of aromatic nitrogens is 5. The fourth-order valence-corrected chi connectivity index (χ4v) is 4.08. The number of nitrogens with zero attached hydrogens (tertiary/aromatic N) is 5. The Hall–Kier alpha value is -3.48. The Bertz CT molecular complexity index is 1150. The molecule has 1 N–H and O–H groups in total. The van der Waals surface area contributed by atoms with Crippen LogP contribution < -0.4 is 0 Å². The molecule has 4 heterocycles. The number of H-pyrrole nitrogens is 1. The Morgan fingerprint density at radius 2 is 2.11 bits per heavy atom. The van der Waals surface area contributed by atoms with Gasteiger partial charge in [-0.15, -0.1) is 0 Å². The largest absolute Gasteiger partial charge is 0.356 e. The molecule has 7 heteroatoms. The summed E-state index contributed by atoms with van der Waals surface area (Å²) < 4.78 is 1.56. The summed E-state index contributed by atoms with van der Waals surface area (Å²) in [5, 5.41) is 5.30. The van der Waals surface area contributed by atoms with Gasteiger partial charge in [0.2, 0.25) is 5.91 Å². The minimum Gasteiger partial charge on any atom is -0.356 e. The SMILES string of the molecule is Cc1cccc([C@H]2c3[nH]c4ccccc4c3CCN2C(=O)Cn2cncn2)n1. The van der Waals surface area contributed by atoms with E-state index in [2.05, 4.69) is 33.3 Å². The van der Waals surface area contributed by atoms with Gasteiger partial charge in [-0.25, -0.2) is 9.67 Å². The predicted molar refractivity (Wildman–Crippen MR) is 105 cm³/mol. The van der Waals surface area contributed by atoms with E-state index in [1.54, 1.807) is 11.0 Å². The Labute approximate surface area is 162 Å². The topological polar surface area (TPSA) is 79.7 Å². The van der Waals surface area contributed by atoms with Gasteiger partial charge in [0.1, 0.15) is 25.2 Å². The maximum absolute atomic E-state index is 13.2. The van der Waals surface area contributed by atoms with Gasteiger partial charge in [-0.3, -0.25) is 9.78 Å². The van der Waals surface area contributed by atoms with Crippen LogP contribution in [0.2, 0.25) is 0 Å². The van der Waals surface area contributed by atoms with Crippen LogP contribution in [-0.4, -0.2) is 42.1 Å². The molecular weight excluding hydrogens is 352 g/mol. The number of fused-ring (bicyclic) bond motifs is 3. The van der Waals surface area contributed by atoms with Crippen LogP contribution in [0.4, 0.5) is 0 Å². The van der Waals surface area contributed by atoms with E-state index < -0.39 is 0 Å². The molecule has 0 fully saturated rings. The van der Waals surface area contributed by atoms with E-state index in [1.807, 2.05) is 36.1 Å². The molecule has 0 spiro atoms. The van der Waals surface area contributed by atoms with E-state index >= 15 is 0 Å². The molecule has 0 radical (unpaired) electrons. The molecule has 1 amide bonds. The number of nitrogens with one attached hydrogen (secondary N) is 1. The Morgan fingerprint density at radius 3 is 2.93 bits per heavy atom. The number of carbonyl (C=O) groups is 1. The van der Waals surface area contributed by atoms with E-state index in [9.17, 15) is 4.79 Å². The maximum Gasteiger partial charge on any atom is 0.245 e. The summed E-state index contributed by atoms with van der Waals surface area (Å²) in [7, 11) is 0. The average molecular weight is 372 g/mol. The van der Waals surface area contributed by atoms with E-state index in [4.69, 9.17) is 4.98 Å². The van der Waals surface area contributed by atoms with Crippen molar-refractivity contribution in [1.82, 2.24) is 29.6 Å². The number of carbonyl (C=O) groups excluding carboxylic acids is 1. The van der Waals surface area contributed by atoms with Gasteiger partial charge in [0.25, 0.3) is 0 Å². The van der Waals surface area contributed by atoms with Crippen LogP contribution in [0.15, 0.2) is 55.1 Å². The van der Waals surface area contributed by atoms with Gasteiger partial charge >= 0.3 is 0 Å². The lowest BCUT2D eigenvalue weighted by molar-refractivity contribution is -0.134. The van der Waals surface area contributed by atoms with Gasteiger partial charge in [0.05, 0.1) is 5.69 Å². The van der Waals surface area contributed by atoms with Gasteiger partial charge in [0.15, 0.2) is 0 Å². The lowest BCUT2D eigenvalue weighted by Crippen LogP contribution is -2.42. The van der Waals surface area contributed by atoms with Crippen molar-refractivity contribution in [3.8, 4) is 0 Å². The maximum atomic E-state index is 13.2. The smallest absolute Gasteiger partial charge is 0.245 e. The number of aromatic amines is 1. The van der Waals surface area contributed by atoms with Crippen LogP contribution in [0.3, 0.4) is 0 Å². The number of pyridine rings is 1. The van der Waals surface area contributed by atoms with Crippen molar-refractivity contribution in [1.29, 1.82) is 0 Å². The lowest BCUT2D eigenvalue weighted by atomic mass is 9.94. The molecule has 0 unspecified atom stereocenters. The summed E-state index contributed by atoms with van der Waals surface area (Å²) in [6, 6.07) is 14.0. The minimum absolute atomic E-state index is 0.00288. The molecule has 28 heavy (non-hydrogen) atoms. The van der Waals surface area contributed by atoms with Crippen molar-refractivity contribution < 1.29 is 4.79 Å². The van der Waals surface area contributed by atoms with Crippen LogP contribution in [0.25, 0.3) is 10.9 Å². The Morgan fingerprint density at radius 1 is 1.21 bits per heavy atom. The normalized spacial score (nSPS) is 16.3. The molecule has 0 saturated heterocycles. The number of benzene rings is 1. The van der Waals surface area contributed by atoms with Crippen molar-refractivity contribution in [3.05, 3.63) is 77.8 Å². The van der Waals surface area contributed by atoms with Crippen LogP contribution in [0.5, 0.6) is 0 Å². The molecule has 4 aromatic rings. The van der Waals surface area contributed by atoms with E-state index in [-0.39, 0.29) is 18.5 Å². The first kappa shape index (κ1) is 16.7. The monoisotopic (exact) mass is 372 g/mol. The Balaban J connectivity index is 1.62. The summed E-state index contributed by atoms with van der Waals surface area (Å²) in [5.41, 5.74) is 5.23. The van der Waals surface area contributed by atoms with Crippen molar-refractivity contribution in [2.24, 2.45) is 0 Å². The summed E-state index contributed by atoms with van der Waals surface area (Å²) >= 11 is 0. The molecule has 140 valence electrons. The van der Waals surface area contributed by atoms with Crippen LogP contribution in [-0.2, 0) is 17.8 Å². The van der Waals surface area contributed by atoms with Crippen molar-refractivity contribution in [2.75, 3.05) is 6.54 Å². The van der Waals surface area contributed by atoms with Gasteiger partial charge < -0.3 is 9.88 Å². The molecule has 1 aliphatic rings.